The van der Waals surface area contributed by atoms with Crippen LogP contribution in [0.2, 0.25) is 0 Å². The van der Waals surface area contributed by atoms with Crippen LogP contribution in [0.3, 0.4) is 0 Å². The summed E-state index contributed by atoms with van der Waals surface area (Å²) in [5.41, 5.74) is 5.51. The second kappa shape index (κ2) is 6.75. The molecule has 0 radical (unpaired) electrons. The van der Waals surface area contributed by atoms with Gasteiger partial charge in [-0.1, -0.05) is 12.8 Å². The van der Waals surface area contributed by atoms with Crippen molar-refractivity contribution in [3.63, 3.8) is 0 Å². The van der Waals surface area contributed by atoms with Crippen LogP contribution >= 0.6 is 15.9 Å². The van der Waals surface area contributed by atoms with Crippen molar-refractivity contribution in [1.82, 2.24) is 5.32 Å². The zero-order valence-electron chi connectivity index (χ0n) is 12.0. The first-order valence-corrected chi connectivity index (χ1v) is 7.89. The molecule has 0 aromatic heterocycles. The van der Waals surface area contributed by atoms with Crippen LogP contribution in [0.25, 0.3) is 0 Å². The van der Waals surface area contributed by atoms with Crippen molar-refractivity contribution in [2.45, 2.75) is 44.2 Å². The molecule has 1 atom stereocenters. The molecule has 1 fully saturated rings. The van der Waals surface area contributed by atoms with Crippen LogP contribution in [-0.2, 0) is 4.79 Å². The highest BCUT2D eigenvalue weighted by atomic mass is 79.9. The number of ether oxygens (including phenoxy) is 1. The molecule has 0 spiro atoms. The summed E-state index contributed by atoms with van der Waals surface area (Å²) in [4.78, 5) is 12.3. The average Bonchev–Trinajstić information content (AvgIpc) is 2.91. The van der Waals surface area contributed by atoms with Crippen LogP contribution in [0, 0.1) is 5.82 Å². The Labute approximate surface area is 132 Å². The monoisotopic (exact) mass is 358 g/mol. The molecule has 4 nitrogen and oxygen atoms in total. The molecule has 0 bridgehead atoms. The molecule has 1 unspecified atom stereocenters. The first-order chi connectivity index (χ1) is 9.96. The van der Waals surface area contributed by atoms with Crippen molar-refractivity contribution in [1.29, 1.82) is 0 Å². The highest BCUT2D eigenvalue weighted by molar-refractivity contribution is 9.10. The average molecular weight is 359 g/mol. The maximum absolute atomic E-state index is 13.0. The summed E-state index contributed by atoms with van der Waals surface area (Å²) in [6.45, 7) is 2.11. The zero-order valence-corrected chi connectivity index (χ0v) is 13.6. The van der Waals surface area contributed by atoms with Crippen LogP contribution in [0.4, 0.5) is 4.39 Å². The van der Waals surface area contributed by atoms with E-state index in [-0.39, 0.29) is 17.3 Å². The summed E-state index contributed by atoms with van der Waals surface area (Å²) in [7, 11) is 0. The molecule has 0 saturated heterocycles. The van der Waals surface area contributed by atoms with Gasteiger partial charge in [-0.15, -0.1) is 0 Å². The number of carbonyl (C=O) groups is 1. The molecule has 1 aliphatic rings. The third-order valence-corrected chi connectivity index (χ3v) is 4.53. The maximum atomic E-state index is 13.0. The molecule has 1 aromatic rings. The number of halogens is 2. The van der Waals surface area contributed by atoms with Crippen LogP contribution in [0.5, 0.6) is 5.75 Å². The second-order valence-corrected chi connectivity index (χ2v) is 6.37. The predicted molar refractivity (Wildman–Crippen MR) is 82.6 cm³/mol. The van der Waals surface area contributed by atoms with E-state index in [0.717, 1.165) is 25.7 Å². The van der Waals surface area contributed by atoms with Crippen LogP contribution in [-0.4, -0.2) is 24.1 Å². The molecule has 1 amide bonds. The number of rotatable bonds is 5. The van der Waals surface area contributed by atoms with Gasteiger partial charge in [0.2, 0.25) is 0 Å². The van der Waals surface area contributed by atoms with Crippen molar-refractivity contribution in [2.24, 2.45) is 5.73 Å². The quantitative estimate of drug-likeness (QED) is 0.850. The summed E-state index contributed by atoms with van der Waals surface area (Å²) in [5.74, 6) is -0.120. The third-order valence-electron chi connectivity index (χ3n) is 3.91. The lowest BCUT2D eigenvalue weighted by Gasteiger charge is -2.30. The zero-order chi connectivity index (χ0) is 15.5. The van der Waals surface area contributed by atoms with Crippen molar-refractivity contribution in [3.05, 3.63) is 28.5 Å². The van der Waals surface area contributed by atoms with Crippen molar-refractivity contribution in [3.8, 4) is 5.75 Å². The van der Waals surface area contributed by atoms with E-state index in [1.165, 1.54) is 18.2 Å². The summed E-state index contributed by atoms with van der Waals surface area (Å²) >= 11 is 3.22. The van der Waals surface area contributed by atoms with E-state index in [2.05, 4.69) is 21.2 Å². The Kier molecular flexibility index (Phi) is 5.22. The van der Waals surface area contributed by atoms with E-state index in [1.807, 2.05) is 0 Å². The van der Waals surface area contributed by atoms with Gasteiger partial charge < -0.3 is 15.8 Å². The predicted octanol–water partition coefficient (Wildman–Crippen LogP) is 2.74. The molecular weight excluding hydrogens is 339 g/mol. The Hall–Kier alpha value is -1.14. The van der Waals surface area contributed by atoms with Gasteiger partial charge in [-0.2, -0.15) is 0 Å². The molecule has 0 heterocycles. The largest absolute Gasteiger partial charge is 0.480 e. The summed E-state index contributed by atoms with van der Waals surface area (Å²) < 4.78 is 19.1. The van der Waals surface area contributed by atoms with Gasteiger partial charge in [0.1, 0.15) is 11.6 Å². The number of nitrogens with one attached hydrogen (secondary N) is 1. The Balaban J connectivity index is 1.99. The van der Waals surface area contributed by atoms with E-state index in [4.69, 9.17) is 10.5 Å². The highest BCUT2D eigenvalue weighted by Gasteiger charge is 2.35. The fourth-order valence-corrected chi connectivity index (χ4v) is 3.05. The van der Waals surface area contributed by atoms with Gasteiger partial charge >= 0.3 is 0 Å². The van der Waals surface area contributed by atoms with E-state index in [9.17, 15) is 9.18 Å². The molecule has 21 heavy (non-hydrogen) atoms. The van der Waals surface area contributed by atoms with Crippen LogP contribution < -0.4 is 15.8 Å². The van der Waals surface area contributed by atoms with E-state index in [1.54, 1.807) is 6.92 Å². The minimum Gasteiger partial charge on any atom is -0.480 e. The molecule has 1 aromatic carbocycles. The topological polar surface area (TPSA) is 64.3 Å². The molecule has 0 aliphatic heterocycles. The Morgan fingerprint density at radius 1 is 1.52 bits per heavy atom. The Bertz CT molecular complexity index is 518. The van der Waals surface area contributed by atoms with Crippen LogP contribution in [0.1, 0.15) is 32.6 Å². The number of benzene rings is 1. The molecule has 116 valence electrons. The number of hydrogen-bond acceptors (Lipinski definition) is 3. The van der Waals surface area contributed by atoms with Gasteiger partial charge in [0.05, 0.1) is 10.0 Å². The fourth-order valence-electron chi connectivity index (χ4n) is 2.61. The smallest absolute Gasteiger partial charge is 0.261 e. The van der Waals surface area contributed by atoms with Crippen molar-refractivity contribution in [2.75, 3.05) is 6.54 Å². The summed E-state index contributed by atoms with van der Waals surface area (Å²) in [6, 6.07) is 4.10. The van der Waals surface area contributed by atoms with E-state index >= 15 is 0 Å². The molecule has 6 heteroatoms. The minimum absolute atomic E-state index is 0.196. The third kappa shape index (κ3) is 3.95. The van der Waals surface area contributed by atoms with Gasteiger partial charge in [-0.3, -0.25) is 4.79 Å². The molecule has 1 saturated carbocycles. The lowest BCUT2D eigenvalue weighted by atomic mass is 9.97. The van der Waals surface area contributed by atoms with E-state index < -0.39 is 6.10 Å². The Morgan fingerprint density at radius 2 is 2.19 bits per heavy atom. The second-order valence-electron chi connectivity index (χ2n) is 5.52. The lowest BCUT2D eigenvalue weighted by Crippen LogP contribution is -2.54. The summed E-state index contributed by atoms with van der Waals surface area (Å²) in [6.07, 6.45) is 3.30. The number of nitrogens with two attached hydrogens (primary N) is 1. The SMILES string of the molecule is CC(Oc1ccc(F)cc1Br)C(=O)NC1(CN)CCCC1. The maximum Gasteiger partial charge on any atom is 0.261 e. The minimum atomic E-state index is -0.671. The van der Waals surface area contributed by atoms with Gasteiger partial charge in [0.25, 0.3) is 5.91 Å². The van der Waals surface area contributed by atoms with E-state index in [0.29, 0.717) is 16.8 Å². The molecule has 1 aliphatic carbocycles. The lowest BCUT2D eigenvalue weighted by molar-refractivity contribution is -0.129. The van der Waals surface area contributed by atoms with Gasteiger partial charge in [-0.05, 0) is 53.9 Å². The molecule has 2 rings (SSSR count). The normalized spacial score (nSPS) is 18.3. The number of amides is 1. The Morgan fingerprint density at radius 3 is 2.76 bits per heavy atom. The van der Waals surface area contributed by atoms with Gasteiger partial charge in [-0.25, -0.2) is 4.39 Å². The number of carbonyl (C=O) groups excluding carboxylic acids is 1. The van der Waals surface area contributed by atoms with Gasteiger partial charge in [0, 0.05) is 6.54 Å². The van der Waals surface area contributed by atoms with Crippen molar-refractivity contribution >= 4 is 21.8 Å². The first-order valence-electron chi connectivity index (χ1n) is 7.09. The van der Waals surface area contributed by atoms with Crippen molar-refractivity contribution < 1.29 is 13.9 Å². The summed E-state index contributed by atoms with van der Waals surface area (Å²) in [5, 5.41) is 3.01. The molecule has 3 N–H and O–H groups in total. The molecular formula is C15H20BrFN2O2. The highest BCUT2D eigenvalue weighted by Crippen LogP contribution is 2.29. The standard InChI is InChI=1S/C15H20BrFN2O2/c1-10(21-13-5-4-11(17)8-12(13)16)14(20)19-15(9-18)6-2-3-7-15/h4-5,8,10H,2-3,6-7,9,18H2,1H3,(H,19,20). The number of hydrogen-bond donors (Lipinski definition) is 2. The van der Waals surface area contributed by atoms with Gasteiger partial charge in [0.15, 0.2) is 6.10 Å². The fraction of sp³-hybridized carbons (Fsp3) is 0.533. The first kappa shape index (κ1) is 16.2. The van der Waals surface area contributed by atoms with Crippen LogP contribution in [0.15, 0.2) is 22.7 Å².